The molecule has 0 unspecified atom stereocenters. The molecule has 1 N–H and O–H groups in total. The maximum Gasteiger partial charge on any atom is 0.451 e. The van der Waals surface area contributed by atoms with Gasteiger partial charge >= 0.3 is 6.18 Å². The van der Waals surface area contributed by atoms with Gasteiger partial charge in [0, 0.05) is 11.8 Å². The van der Waals surface area contributed by atoms with Crippen molar-refractivity contribution in [3.63, 3.8) is 0 Å². The molecule has 0 amide bonds. The molecule has 20 heavy (non-hydrogen) atoms. The zero-order chi connectivity index (χ0) is 14.9. The van der Waals surface area contributed by atoms with Gasteiger partial charge < -0.3 is 5.32 Å². The van der Waals surface area contributed by atoms with Gasteiger partial charge in [0.2, 0.25) is 5.82 Å². The fourth-order valence-corrected chi connectivity index (χ4v) is 1.76. The van der Waals surface area contributed by atoms with Crippen LogP contribution in [0, 0.1) is 13.8 Å². The number of nitrogens with one attached hydrogen (secondary N) is 1. The first-order valence-corrected chi connectivity index (χ1v) is 6.09. The van der Waals surface area contributed by atoms with Crippen LogP contribution in [-0.4, -0.2) is 9.97 Å². The minimum absolute atomic E-state index is 0.000535. The van der Waals surface area contributed by atoms with E-state index in [1.807, 2.05) is 26.0 Å². The molecule has 1 heterocycles. The van der Waals surface area contributed by atoms with Crippen LogP contribution in [0.5, 0.6) is 0 Å². The Morgan fingerprint density at radius 2 is 1.75 bits per heavy atom. The summed E-state index contributed by atoms with van der Waals surface area (Å²) >= 11 is 5.59. The van der Waals surface area contributed by atoms with Gasteiger partial charge in [0.25, 0.3) is 0 Å². The maximum absolute atomic E-state index is 12.6. The Morgan fingerprint density at radius 3 is 2.35 bits per heavy atom. The third kappa shape index (κ3) is 3.39. The van der Waals surface area contributed by atoms with Gasteiger partial charge in [0.15, 0.2) is 0 Å². The number of benzene rings is 1. The van der Waals surface area contributed by atoms with E-state index in [0.29, 0.717) is 5.69 Å². The second-order valence-electron chi connectivity index (χ2n) is 4.32. The molecule has 0 atom stereocenters. The van der Waals surface area contributed by atoms with Gasteiger partial charge in [0.05, 0.1) is 0 Å². The molecule has 3 nitrogen and oxygen atoms in total. The minimum Gasteiger partial charge on any atom is -0.340 e. The molecule has 2 rings (SSSR count). The molecule has 0 bridgehead atoms. The van der Waals surface area contributed by atoms with Crippen LogP contribution in [0.2, 0.25) is 5.15 Å². The lowest BCUT2D eigenvalue weighted by Gasteiger charge is -2.10. The average molecular weight is 302 g/mol. The average Bonchev–Trinajstić information content (AvgIpc) is 2.32. The van der Waals surface area contributed by atoms with E-state index >= 15 is 0 Å². The topological polar surface area (TPSA) is 37.8 Å². The van der Waals surface area contributed by atoms with Crippen molar-refractivity contribution in [1.82, 2.24) is 9.97 Å². The zero-order valence-electron chi connectivity index (χ0n) is 10.7. The van der Waals surface area contributed by atoms with Crippen LogP contribution >= 0.6 is 11.6 Å². The molecule has 0 spiro atoms. The SMILES string of the molecule is Cc1ccc(Nc2cc(Cl)nc(C(F)(F)F)n2)cc1C. The Hall–Kier alpha value is -1.82. The predicted octanol–water partition coefficient (Wildman–Crippen LogP) is 4.51. The van der Waals surface area contributed by atoms with E-state index in [1.54, 1.807) is 6.07 Å². The molecule has 0 saturated carbocycles. The summed E-state index contributed by atoms with van der Waals surface area (Å²) in [6.45, 7) is 3.86. The number of halogens is 4. The van der Waals surface area contributed by atoms with Crippen LogP contribution in [0.25, 0.3) is 0 Å². The van der Waals surface area contributed by atoms with E-state index in [0.717, 1.165) is 11.1 Å². The van der Waals surface area contributed by atoms with Crippen LogP contribution in [-0.2, 0) is 6.18 Å². The van der Waals surface area contributed by atoms with E-state index in [4.69, 9.17) is 11.6 Å². The van der Waals surface area contributed by atoms with Crippen molar-refractivity contribution >= 4 is 23.1 Å². The largest absolute Gasteiger partial charge is 0.451 e. The van der Waals surface area contributed by atoms with Gasteiger partial charge in [-0.3, -0.25) is 0 Å². The molecule has 2 aromatic rings. The van der Waals surface area contributed by atoms with Gasteiger partial charge in [-0.25, -0.2) is 9.97 Å². The van der Waals surface area contributed by atoms with Crippen molar-refractivity contribution in [3.8, 4) is 0 Å². The number of aryl methyl sites for hydroxylation is 2. The van der Waals surface area contributed by atoms with Crippen molar-refractivity contribution in [2.75, 3.05) is 5.32 Å². The number of alkyl halides is 3. The van der Waals surface area contributed by atoms with Crippen LogP contribution in [0.3, 0.4) is 0 Å². The van der Waals surface area contributed by atoms with Crippen LogP contribution in [0.1, 0.15) is 17.0 Å². The highest BCUT2D eigenvalue weighted by atomic mass is 35.5. The van der Waals surface area contributed by atoms with E-state index in [2.05, 4.69) is 15.3 Å². The number of nitrogens with zero attached hydrogens (tertiary/aromatic N) is 2. The summed E-state index contributed by atoms with van der Waals surface area (Å²) in [5.74, 6) is -1.27. The lowest BCUT2D eigenvalue weighted by Crippen LogP contribution is -2.12. The van der Waals surface area contributed by atoms with Gasteiger partial charge in [-0.15, -0.1) is 0 Å². The molecule has 1 aromatic carbocycles. The molecule has 0 radical (unpaired) electrons. The van der Waals surface area contributed by atoms with Crippen molar-refractivity contribution in [3.05, 3.63) is 46.4 Å². The third-order valence-corrected chi connectivity index (χ3v) is 2.92. The maximum atomic E-state index is 12.6. The Bertz CT molecular complexity index is 641. The highest BCUT2D eigenvalue weighted by Crippen LogP contribution is 2.29. The van der Waals surface area contributed by atoms with Crippen LogP contribution < -0.4 is 5.32 Å². The fraction of sp³-hybridized carbons (Fsp3) is 0.231. The first kappa shape index (κ1) is 14.6. The molecule has 0 aliphatic rings. The molecular weight excluding hydrogens is 291 g/mol. The van der Waals surface area contributed by atoms with Gasteiger partial charge in [0.1, 0.15) is 11.0 Å². The zero-order valence-corrected chi connectivity index (χ0v) is 11.5. The first-order valence-electron chi connectivity index (χ1n) is 5.72. The van der Waals surface area contributed by atoms with Crippen LogP contribution in [0.15, 0.2) is 24.3 Å². The summed E-state index contributed by atoms with van der Waals surface area (Å²) in [4.78, 5) is 6.59. The van der Waals surface area contributed by atoms with E-state index in [-0.39, 0.29) is 11.0 Å². The predicted molar refractivity (Wildman–Crippen MR) is 71.2 cm³/mol. The number of hydrogen-bond acceptors (Lipinski definition) is 3. The van der Waals surface area contributed by atoms with E-state index in [9.17, 15) is 13.2 Å². The second-order valence-corrected chi connectivity index (χ2v) is 4.71. The third-order valence-electron chi connectivity index (χ3n) is 2.73. The van der Waals surface area contributed by atoms with Crippen LogP contribution in [0.4, 0.5) is 24.7 Å². The van der Waals surface area contributed by atoms with Crippen molar-refractivity contribution < 1.29 is 13.2 Å². The lowest BCUT2D eigenvalue weighted by atomic mass is 10.1. The number of aromatic nitrogens is 2. The summed E-state index contributed by atoms with van der Waals surface area (Å²) < 4.78 is 37.8. The molecule has 106 valence electrons. The summed E-state index contributed by atoms with van der Waals surface area (Å²) in [6, 6.07) is 6.68. The molecule has 7 heteroatoms. The molecule has 0 fully saturated rings. The van der Waals surface area contributed by atoms with E-state index in [1.165, 1.54) is 6.07 Å². The summed E-state index contributed by atoms with van der Waals surface area (Å²) in [5.41, 5.74) is 2.74. The number of anilines is 2. The van der Waals surface area contributed by atoms with Crippen molar-refractivity contribution in [2.45, 2.75) is 20.0 Å². The highest BCUT2D eigenvalue weighted by molar-refractivity contribution is 6.29. The quantitative estimate of drug-likeness (QED) is 0.829. The van der Waals surface area contributed by atoms with Gasteiger partial charge in [-0.05, 0) is 37.1 Å². The first-order chi connectivity index (χ1) is 9.25. The normalized spacial score (nSPS) is 11.5. The standard InChI is InChI=1S/C13H11ClF3N3/c1-7-3-4-9(5-8(7)2)18-11-6-10(14)19-12(20-11)13(15,16)17/h3-6H,1-2H3,(H,18,19,20). The fourth-order valence-electron chi connectivity index (χ4n) is 1.58. The summed E-state index contributed by atoms with van der Waals surface area (Å²) in [5, 5.41) is 2.52. The van der Waals surface area contributed by atoms with Gasteiger partial charge in [-0.2, -0.15) is 13.2 Å². The number of hydrogen-bond donors (Lipinski definition) is 1. The Balaban J connectivity index is 2.33. The number of rotatable bonds is 2. The monoisotopic (exact) mass is 301 g/mol. The minimum atomic E-state index is -4.63. The highest BCUT2D eigenvalue weighted by Gasteiger charge is 2.35. The summed E-state index contributed by atoms with van der Waals surface area (Å²) in [7, 11) is 0. The Labute approximate surface area is 118 Å². The van der Waals surface area contributed by atoms with Crippen molar-refractivity contribution in [2.24, 2.45) is 0 Å². The Morgan fingerprint density at radius 1 is 1.05 bits per heavy atom. The second kappa shape index (κ2) is 5.28. The molecular formula is C13H11ClF3N3. The molecule has 1 aromatic heterocycles. The molecule has 0 aliphatic heterocycles. The summed E-state index contributed by atoms with van der Waals surface area (Å²) in [6.07, 6.45) is -4.63. The Kier molecular flexibility index (Phi) is 3.85. The molecule has 0 saturated heterocycles. The smallest absolute Gasteiger partial charge is 0.340 e. The lowest BCUT2D eigenvalue weighted by molar-refractivity contribution is -0.144. The van der Waals surface area contributed by atoms with Crippen molar-refractivity contribution in [1.29, 1.82) is 0 Å². The van der Waals surface area contributed by atoms with E-state index < -0.39 is 12.0 Å². The molecule has 0 aliphatic carbocycles. The van der Waals surface area contributed by atoms with Gasteiger partial charge in [-0.1, -0.05) is 17.7 Å².